The molecule has 0 fully saturated rings. The van der Waals surface area contributed by atoms with E-state index in [1.807, 2.05) is 36.4 Å². The zero-order valence-electron chi connectivity index (χ0n) is 10.4. The van der Waals surface area contributed by atoms with Gasteiger partial charge in [-0.3, -0.25) is 4.79 Å². The van der Waals surface area contributed by atoms with Gasteiger partial charge in [0.15, 0.2) is 0 Å². The molecule has 18 heavy (non-hydrogen) atoms. The molecule has 0 saturated carbocycles. The summed E-state index contributed by atoms with van der Waals surface area (Å²) in [6, 6.07) is 13.8. The molecule has 94 valence electrons. The largest absolute Gasteiger partial charge is 0.466 e. The highest BCUT2D eigenvalue weighted by Gasteiger charge is 2.12. The quantitative estimate of drug-likeness (QED) is 0.840. The van der Waals surface area contributed by atoms with E-state index < -0.39 is 0 Å². The highest BCUT2D eigenvalue weighted by molar-refractivity contribution is 5.83. The van der Waals surface area contributed by atoms with Crippen LogP contribution in [0.25, 0.3) is 10.8 Å². The summed E-state index contributed by atoms with van der Waals surface area (Å²) >= 11 is 0. The van der Waals surface area contributed by atoms with Gasteiger partial charge in [0, 0.05) is 6.04 Å². The Labute approximate surface area is 107 Å². The lowest BCUT2D eigenvalue weighted by Crippen LogP contribution is -2.17. The molecule has 0 aliphatic heterocycles. The van der Waals surface area contributed by atoms with Gasteiger partial charge in [0.2, 0.25) is 0 Å². The summed E-state index contributed by atoms with van der Waals surface area (Å²) in [5.41, 5.74) is 6.98. The van der Waals surface area contributed by atoms with Crippen LogP contribution >= 0.6 is 0 Å². The summed E-state index contributed by atoms with van der Waals surface area (Å²) in [6.07, 6.45) is 0.214. The highest BCUT2D eigenvalue weighted by atomic mass is 16.5. The van der Waals surface area contributed by atoms with Crippen LogP contribution in [0.15, 0.2) is 42.5 Å². The lowest BCUT2D eigenvalue weighted by Gasteiger charge is -2.12. The minimum Gasteiger partial charge on any atom is -0.466 e. The maximum absolute atomic E-state index is 11.4. The molecule has 3 nitrogen and oxygen atoms in total. The van der Waals surface area contributed by atoms with Crippen molar-refractivity contribution in [3.05, 3.63) is 48.0 Å². The van der Waals surface area contributed by atoms with Crippen LogP contribution in [-0.2, 0) is 9.53 Å². The fourth-order valence-corrected chi connectivity index (χ4v) is 1.96. The van der Waals surface area contributed by atoms with Gasteiger partial charge in [0.25, 0.3) is 0 Å². The molecule has 0 saturated heterocycles. The van der Waals surface area contributed by atoms with Crippen LogP contribution in [0, 0.1) is 0 Å². The predicted molar refractivity (Wildman–Crippen MR) is 72.1 cm³/mol. The SMILES string of the molecule is CCOC(=O)C[C@H](N)c1ccc2ccccc2c1. The van der Waals surface area contributed by atoms with Crippen LogP contribution < -0.4 is 5.73 Å². The molecule has 0 aliphatic carbocycles. The van der Waals surface area contributed by atoms with Crippen LogP contribution in [0.1, 0.15) is 24.9 Å². The van der Waals surface area contributed by atoms with Crippen LogP contribution in [0.5, 0.6) is 0 Å². The molecule has 0 aromatic heterocycles. The second-order valence-electron chi connectivity index (χ2n) is 4.22. The summed E-state index contributed by atoms with van der Waals surface area (Å²) in [7, 11) is 0. The van der Waals surface area contributed by atoms with Crippen LogP contribution in [0.2, 0.25) is 0 Å². The van der Waals surface area contributed by atoms with Gasteiger partial charge in [-0.05, 0) is 29.3 Å². The molecular formula is C15H17NO2. The molecule has 3 heteroatoms. The number of esters is 1. The van der Waals surface area contributed by atoms with Crippen molar-refractivity contribution in [1.82, 2.24) is 0 Å². The Balaban J connectivity index is 2.17. The molecule has 2 rings (SSSR count). The van der Waals surface area contributed by atoms with Crippen molar-refractivity contribution in [3.8, 4) is 0 Å². The van der Waals surface area contributed by atoms with E-state index in [1.165, 1.54) is 5.39 Å². The first-order valence-corrected chi connectivity index (χ1v) is 6.10. The van der Waals surface area contributed by atoms with Gasteiger partial charge in [0.1, 0.15) is 0 Å². The number of rotatable bonds is 4. The van der Waals surface area contributed by atoms with Crippen LogP contribution in [0.3, 0.4) is 0 Å². The Kier molecular flexibility index (Phi) is 3.95. The Morgan fingerprint density at radius 1 is 1.22 bits per heavy atom. The van der Waals surface area contributed by atoms with Gasteiger partial charge in [-0.25, -0.2) is 0 Å². The van der Waals surface area contributed by atoms with Gasteiger partial charge < -0.3 is 10.5 Å². The number of hydrogen-bond donors (Lipinski definition) is 1. The van der Waals surface area contributed by atoms with Crippen molar-refractivity contribution in [2.24, 2.45) is 5.73 Å². The van der Waals surface area contributed by atoms with E-state index in [9.17, 15) is 4.79 Å². The van der Waals surface area contributed by atoms with Crippen molar-refractivity contribution in [2.45, 2.75) is 19.4 Å². The predicted octanol–water partition coefficient (Wildman–Crippen LogP) is 2.79. The maximum Gasteiger partial charge on any atom is 0.307 e. The number of ether oxygens (including phenoxy) is 1. The van der Waals surface area contributed by atoms with Gasteiger partial charge in [-0.2, -0.15) is 0 Å². The molecule has 2 N–H and O–H groups in total. The molecule has 2 aromatic carbocycles. The van der Waals surface area contributed by atoms with E-state index in [2.05, 4.69) is 6.07 Å². The van der Waals surface area contributed by atoms with Gasteiger partial charge in [0.05, 0.1) is 13.0 Å². The Bertz CT molecular complexity index is 551. The van der Waals surface area contributed by atoms with Crippen molar-refractivity contribution in [2.75, 3.05) is 6.61 Å². The monoisotopic (exact) mass is 243 g/mol. The topological polar surface area (TPSA) is 52.3 Å². The molecule has 0 amide bonds. The summed E-state index contributed by atoms with van der Waals surface area (Å²) in [6.45, 7) is 2.18. The fourth-order valence-electron chi connectivity index (χ4n) is 1.96. The summed E-state index contributed by atoms with van der Waals surface area (Å²) < 4.78 is 4.90. The molecule has 2 aromatic rings. The molecule has 0 bridgehead atoms. The molecule has 0 radical (unpaired) electrons. The number of fused-ring (bicyclic) bond motifs is 1. The van der Waals surface area contributed by atoms with Gasteiger partial charge in [-0.1, -0.05) is 36.4 Å². The first-order chi connectivity index (χ1) is 8.70. The maximum atomic E-state index is 11.4. The van der Waals surface area contributed by atoms with E-state index in [0.717, 1.165) is 10.9 Å². The normalized spacial score (nSPS) is 12.3. The lowest BCUT2D eigenvalue weighted by atomic mass is 10.0. The van der Waals surface area contributed by atoms with Crippen molar-refractivity contribution < 1.29 is 9.53 Å². The first kappa shape index (κ1) is 12.6. The van der Waals surface area contributed by atoms with Crippen molar-refractivity contribution in [1.29, 1.82) is 0 Å². The number of hydrogen-bond acceptors (Lipinski definition) is 3. The average molecular weight is 243 g/mol. The lowest BCUT2D eigenvalue weighted by molar-refractivity contribution is -0.143. The second kappa shape index (κ2) is 5.65. The molecular weight excluding hydrogens is 226 g/mol. The minimum atomic E-state index is -0.311. The second-order valence-corrected chi connectivity index (χ2v) is 4.22. The molecule has 1 atom stereocenters. The Hall–Kier alpha value is -1.87. The zero-order chi connectivity index (χ0) is 13.0. The first-order valence-electron chi connectivity index (χ1n) is 6.10. The van der Waals surface area contributed by atoms with Crippen LogP contribution in [0.4, 0.5) is 0 Å². The van der Waals surface area contributed by atoms with Crippen molar-refractivity contribution >= 4 is 16.7 Å². The third kappa shape index (κ3) is 2.87. The minimum absolute atomic E-state index is 0.214. The van der Waals surface area contributed by atoms with E-state index in [0.29, 0.717) is 6.61 Å². The summed E-state index contributed by atoms with van der Waals surface area (Å²) in [5.74, 6) is -0.252. The summed E-state index contributed by atoms with van der Waals surface area (Å²) in [5, 5.41) is 2.30. The zero-order valence-corrected chi connectivity index (χ0v) is 10.4. The van der Waals surface area contributed by atoms with Crippen LogP contribution in [-0.4, -0.2) is 12.6 Å². The summed E-state index contributed by atoms with van der Waals surface area (Å²) in [4.78, 5) is 11.4. The number of nitrogens with two attached hydrogens (primary N) is 1. The van der Waals surface area contributed by atoms with Gasteiger partial charge >= 0.3 is 5.97 Å². The highest BCUT2D eigenvalue weighted by Crippen LogP contribution is 2.21. The molecule has 0 aliphatic rings. The number of benzene rings is 2. The van der Waals surface area contributed by atoms with Gasteiger partial charge in [-0.15, -0.1) is 0 Å². The number of carbonyl (C=O) groups excluding carboxylic acids is 1. The van der Waals surface area contributed by atoms with E-state index >= 15 is 0 Å². The smallest absolute Gasteiger partial charge is 0.307 e. The average Bonchev–Trinajstić information content (AvgIpc) is 2.38. The Morgan fingerprint density at radius 2 is 1.94 bits per heavy atom. The Morgan fingerprint density at radius 3 is 2.67 bits per heavy atom. The standard InChI is InChI=1S/C15H17NO2/c1-2-18-15(17)10-14(16)13-8-7-11-5-3-4-6-12(11)9-13/h3-9,14H,2,10,16H2,1H3/t14-/m0/s1. The van der Waals surface area contributed by atoms with E-state index in [1.54, 1.807) is 6.92 Å². The van der Waals surface area contributed by atoms with E-state index in [-0.39, 0.29) is 18.4 Å². The van der Waals surface area contributed by atoms with E-state index in [4.69, 9.17) is 10.5 Å². The third-order valence-corrected chi connectivity index (χ3v) is 2.89. The molecule has 0 spiro atoms. The number of carbonyl (C=O) groups is 1. The fraction of sp³-hybridized carbons (Fsp3) is 0.267. The van der Waals surface area contributed by atoms with Crippen molar-refractivity contribution in [3.63, 3.8) is 0 Å². The molecule has 0 heterocycles. The third-order valence-electron chi connectivity index (χ3n) is 2.89. The molecule has 0 unspecified atom stereocenters.